The maximum atomic E-state index is 10.6. The molecule has 0 saturated heterocycles. The van der Waals surface area contributed by atoms with Crippen molar-refractivity contribution in [3.8, 4) is 0 Å². The molecular formula is C19H40NNaO2. The standard InChI is InChI=1S/C19H39NO2.Na.H/c1-3-4-5-6-7-8-9-10-11-12-13-14-15-16-17-20-18(2)19(21)22;;/h18,20H,3-17H2,1-2H3,(H,21,22);;/q;+1;-1/t18-;;/m0../s1. The van der Waals surface area contributed by atoms with E-state index in [2.05, 4.69) is 12.2 Å². The van der Waals surface area contributed by atoms with Crippen LogP contribution in [-0.2, 0) is 4.79 Å². The largest absolute Gasteiger partial charge is 1.00 e. The van der Waals surface area contributed by atoms with E-state index < -0.39 is 12.0 Å². The maximum Gasteiger partial charge on any atom is 1.00 e. The number of aliphatic carboxylic acids is 1. The van der Waals surface area contributed by atoms with Gasteiger partial charge in [-0.2, -0.15) is 0 Å². The zero-order valence-electron chi connectivity index (χ0n) is 17.0. The Kier molecular flexibility index (Phi) is 22.8. The van der Waals surface area contributed by atoms with Crippen LogP contribution in [0.15, 0.2) is 0 Å². The number of hydrogen-bond donors (Lipinski definition) is 2. The summed E-state index contributed by atoms with van der Waals surface area (Å²) in [5, 5.41) is 11.8. The van der Waals surface area contributed by atoms with Crippen LogP contribution in [0.2, 0.25) is 0 Å². The number of rotatable bonds is 17. The van der Waals surface area contributed by atoms with Crippen molar-refractivity contribution in [1.82, 2.24) is 5.32 Å². The summed E-state index contributed by atoms with van der Waals surface area (Å²) in [5.41, 5.74) is 0. The zero-order chi connectivity index (χ0) is 16.5. The van der Waals surface area contributed by atoms with Crippen molar-refractivity contribution in [3.63, 3.8) is 0 Å². The first-order valence-corrected chi connectivity index (χ1v) is 9.64. The molecule has 3 nitrogen and oxygen atoms in total. The van der Waals surface area contributed by atoms with Crippen LogP contribution in [0.25, 0.3) is 0 Å². The molecule has 0 aromatic heterocycles. The molecule has 0 spiro atoms. The van der Waals surface area contributed by atoms with Gasteiger partial charge in [0.25, 0.3) is 0 Å². The van der Waals surface area contributed by atoms with Gasteiger partial charge < -0.3 is 11.8 Å². The summed E-state index contributed by atoms with van der Waals surface area (Å²) in [4.78, 5) is 10.6. The van der Waals surface area contributed by atoms with Crippen LogP contribution >= 0.6 is 0 Å². The minimum Gasteiger partial charge on any atom is -1.00 e. The van der Waals surface area contributed by atoms with Gasteiger partial charge >= 0.3 is 35.5 Å². The third-order valence-electron chi connectivity index (χ3n) is 4.35. The molecule has 0 aliphatic heterocycles. The van der Waals surface area contributed by atoms with E-state index in [0.717, 1.165) is 13.0 Å². The van der Waals surface area contributed by atoms with Crippen LogP contribution in [0.3, 0.4) is 0 Å². The molecule has 0 fully saturated rings. The van der Waals surface area contributed by atoms with Gasteiger partial charge in [-0.3, -0.25) is 4.79 Å². The Morgan fingerprint density at radius 1 is 0.826 bits per heavy atom. The molecule has 2 N–H and O–H groups in total. The van der Waals surface area contributed by atoms with Crippen molar-refractivity contribution in [2.45, 2.75) is 110 Å². The van der Waals surface area contributed by atoms with E-state index >= 15 is 0 Å². The topological polar surface area (TPSA) is 49.3 Å². The van der Waals surface area contributed by atoms with Crippen molar-refractivity contribution in [3.05, 3.63) is 0 Å². The third kappa shape index (κ3) is 20.4. The van der Waals surface area contributed by atoms with Crippen LogP contribution in [0.5, 0.6) is 0 Å². The molecule has 0 aromatic rings. The SMILES string of the molecule is CCCCCCCCCCCCCCCCN[C@@H](C)C(=O)O.[H-].[Na+]. The molecule has 0 aliphatic carbocycles. The summed E-state index contributed by atoms with van der Waals surface area (Å²) >= 11 is 0. The Balaban J connectivity index is -0.00000220. The Morgan fingerprint density at radius 3 is 1.52 bits per heavy atom. The summed E-state index contributed by atoms with van der Waals surface area (Å²) < 4.78 is 0. The Bertz CT molecular complexity index is 256. The molecule has 1 atom stereocenters. The predicted molar refractivity (Wildman–Crippen MR) is 96.5 cm³/mol. The number of unbranched alkanes of at least 4 members (excludes halogenated alkanes) is 13. The first-order chi connectivity index (χ1) is 10.7. The van der Waals surface area contributed by atoms with Crippen molar-refractivity contribution in [1.29, 1.82) is 0 Å². The number of carbonyl (C=O) groups is 1. The van der Waals surface area contributed by atoms with Crippen molar-refractivity contribution in [2.75, 3.05) is 6.54 Å². The summed E-state index contributed by atoms with van der Waals surface area (Å²) in [7, 11) is 0. The Morgan fingerprint density at radius 2 is 1.17 bits per heavy atom. The molecule has 0 bridgehead atoms. The number of hydrogen-bond acceptors (Lipinski definition) is 2. The summed E-state index contributed by atoms with van der Waals surface area (Å²) in [6.07, 6.45) is 19.0. The molecule has 134 valence electrons. The fraction of sp³-hybridized carbons (Fsp3) is 0.947. The van der Waals surface area contributed by atoms with E-state index in [1.165, 1.54) is 83.5 Å². The number of carboxylic acid groups (broad SMARTS) is 1. The van der Waals surface area contributed by atoms with Crippen LogP contribution in [0, 0.1) is 0 Å². The minimum atomic E-state index is -0.759. The normalized spacial score (nSPS) is 11.9. The number of nitrogens with one attached hydrogen (secondary N) is 1. The fourth-order valence-corrected chi connectivity index (χ4v) is 2.73. The molecule has 23 heavy (non-hydrogen) atoms. The minimum absolute atomic E-state index is 0. The molecule has 0 heterocycles. The van der Waals surface area contributed by atoms with Gasteiger partial charge in [0, 0.05) is 0 Å². The van der Waals surface area contributed by atoms with Crippen molar-refractivity contribution >= 4 is 5.97 Å². The average molecular weight is 338 g/mol. The Hall–Kier alpha value is 0.430. The van der Waals surface area contributed by atoms with Gasteiger partial charge in [0.05, 0.1) is 0 Å². The number of carboxylic acids is 1. The quantitative estimate of drug-likeness (QED) is 0.317. The second-order valence-corrected chi connectivity index (χ2v) is 6.61. The maximum absolute atomic E-state index is 10.6. The molecule has 0 aromatic carbocycles. The Labute approximate surface area is 168 Å². The molecule has 0 radical (unpaired) electrons. The second-order valence-electron chi connectivity index (χ2n) is 6.61. The molecule has 0 unspecified atom stereocenters. The first-order valence-electron chi connectivity index (χ1n) is 9.64. The van der Waals surface area contributed by atoms with E-state index in [-0.39, 0.29) is 31.0 Å². The van der Waals surface area contributed by atoms with Gasteiger partial charge in [-0.1, -0.05) is 90.4 Å². The average Bonchev–Trinajstić information content (AvgIpc) is 2.50. The summed E-state index contributed by atoms with van der Waals surface area (Å²) in [6, 6.07) is -0.415. The molecule has 0 amide bonds. The predicted octanol–water partition coefficient (Wildman–Crippen LogP) is 2.65. The second kappa shape index (κ2) is 20.5. The van der Waals surface area contributed by atoms with Gasteiger partial charge in [0.15, 0.2) is 0 Å². The molecule has 0 aliphatic rings. The van der Waals surface area contributed by atoms with E-state index in [1.807, 2.05) is 0 Å². The van der Waals surface area contributed by atoms with E-state index in [0.29, 0.717) is 0 Å². The van der Waals surface area contributed by atoms with E-state index in [4.69, 9.17) is 5.11 Å². The monoisotopic (exact) mass is 337 g/mol. The van der Waals surface area contributed by atoms with Crippen LogP contribution in [0.1, 0.15) is 105 Å². The smallest absolute Gasteiger partial charge is 1.00 e. The van der Waals surface area contributed by atoms with E-state index in [1.54, 1.807) is 6.92 Å². The van der Waals surface area contributed by atoms with E-state index in [9.17, 15) is 4.79 Å². The molecule has 0 saturated carbocycles. The van der Waals surface area contributed by atoms with Gasteiger partial charge in [0.2, 0.25) is 0 Å². The zero-order valence-corrected chi connectivity index (χ0v) is 18.0. The van der Waals surface area contributed by atoms with Crippen LogP contribution < -0.4 is 34.9 Å². The van der Waals surface area contributed by atoms with Crippen LogP contribution in [0.4, 0.5) is 0 Å². The van der Waals surface area contributed by atoms with Crippen LogP contribution in [-0.4, -0.2) is 23.7 Å². The summed E-state index contributed by atoms with van der Waals surface area (Å²) in [6.45, 7) is 4.80. The van der Waals surface area contributed by atoms with Gasteiger partial charge in [-0.05, 0) is 19.9 Å². The van der Waals surface area contributed by atoms with Crippen molar-refractivity contribution in [2.24, 2.45) is 0 Å². The third-order valence-corrected chi connectivity index (χ3v) is 4.35. The molecule has 4 heteroatoms. The van der Waals surface area contributed by atoms with Gasteiger partial charge in [-0.25, -0.2) is 0 Å². The fourth-order valence-electron chi connectivity index (χ4n) is 2.73. The van der Waals surface area contributed by atoms with Gasteiger partial charge in [-0.15, -0.1) is 0 Å². The van der Waals surface area contributed by atoms with Crippen molar-refractivity contribution < 1.29 is 40.9 Å². The molecule has 0 rings (SSSR count). The van der Waals surface area contributed by atoms with Gasteiger partial charge in [0.1, 0.15) is 6.04 Å². The molecular weight excluding hydrogens is 297 g/mol. The first kappa shape index (κ1) is 25.7. The summed E-state index contributed by atoms with van der Waals surface area (Å²) in [5.74, 6) is -0.759.